The van der Waals surface area contributed by atoms with E-state index in [1.54, 1.807) is 6.20 Å². The fourth-order valence-electron chi connectivity index (χ4n) is 2.04. The van der Waals surface area contributed by atoms with Crippen molar-refractivity contribution in [3.63, 3.8) is 0 Å². The first kappa shape index (κ1) is 10.7. The molecule has 1 aliphatic rings. The first-order valence-electron chi connectivity index (χ1n) is 5.58. The summed E-state index contributed by atoms with van der Waals surface area (Å²) in [4.78, 5) is 8.02. The van der Waals surface area contributed by atoms with Crippen LogP contribution in [-0.4, -0.2) is 16.0 Å². The van der Waals surface area contributed by atoms with Gasteiger partial charge in [-0.05, 0) is 12.8 Å². The van der Waals surface area contributed by atoms with E-state index in [2.05, 4.69) is 15.3 Å². The summed E-state index contributed by atoms with van der Waals surface area (Å²) in [6.45, 7) is 0. The van der Waals surface area contributed by atoms with Crippen LogP contribution in [0.4, 0.5) is 5.82 Å². The van der Waals surface area contributed by atoms with Crippen molar-refractivity contribution in [2.24, 2.45) is 0 Å². The molecule has 0 radical (unpaired) electrons. The van der Waals surface area contributed by atoms with Crippen LogP contribution in [0.2, 0.25) is 5.02 Å². The van der Waals surface area contributed by atoms with Crippen molar-refractivity contribution in [1.82, 2.24) is 9.97 Å². The predicted octanol–water partition coefficient (Wildman–Crippen LogP) is 3.26. The van der Waals surface area contributed by atoms with Crippen molar-refractivity contribution in [3.05, 3.63) is 17.5 Å². The quantitative estimate of drug-likeness (QED) is 0.786. The Labute approximate surface area is 95.3 Å². The molecule has 4 heteroatoms. The molecule has 0 saturated heterocycles. The first-order valence-corrected chi connectivity index (χ1v) is 5.96. The third-order valence-electron chi connectivity index (χ3n) is 2.86. The second-order valence-corrected chi connectivity index (χ2v) is 4.46. The molecule has 1 aromatic heterocycles. The van der Waals surface area contributed by atoms with Gasteiger partial charge in [0.2, 0.25) is 0 Å². The minimum Gasteiger partial charge on any atom is -0.366 e. The molecule has 0 unspecified atom stereocenters. The molecule has 1 N–H and O–H groups in total. The lowest BCUT2D eigenvalue weighted by Gasteiger charge is -2.17. The highest BCUT2D eigenvalue weighted by atomic mass is 35.5. The SMILES string of the molecule is Clc1cncnc1NC1CCCCCC1. The van der Waals surface area contributed by atoms with Crippen LogP contribution in [0.15, 0.2) is 12.5 Å². The second kappa shape index (κ2) is 5.31. The van der Waals surface area contributed by atoms with Crippen molar-refractivity contribution in [2.45, 2.75) is 44.6 Å². The molecule has 2 rings (SSSR count). The highest BCUT2D eigenvalue weighted by Gasteiger charge is 2.13. The Hall–Kier alpha value is -0.830. The van der Waals surface area contributed by atoms with Gasteiger partial charge in [-0.15, -0.1) is 0 Å². The molecule has 1 aliphatic carbocycles. The molecule has 0 bridgehead atoms. The van der Waals surface area contributed by atoms with Crippen LogP contribution in [0.3, 0.4) is 0 Å². The Bertz CT molecular complexity index is 308. The topological polar surface area (TPSA) is 37.8 Å². The maximum absolute atomic E-state index is 6.00. The van der Waals surface area contributed by atoms with Gasteiger partial charge in [0.1, 0.15) is 17.2 Å². The zero-order valence-electron chi connectivity index (χ0n) is 8.75. The predicted molar refractivity (Wildman–Crippen MR) is 62.2 cm³/mol. The molecule has 1 aromatic rings. The summed E-state index contributed by atoms with van der Waals surface area (Å²) in [5.74, 6) is 0.776. The lowest BCUT2D eigenvalue weighted by molar-refractivity contribution is 0.617. The van der Waals surface area contributed by atoms with Crippen LogP contribution < -0.4 is 5.32 Å². The van der Waals surface area contributed by atoms with E-state index in [9.17, 15) is 0 Å². The second-order valence-electron chi connectivity index (χ2n) is 4.05. The van der Waals surface area contributed by atoms with Gasteiger partial charge >= 0.3 is 0 Å². The van der Waals surface area contributed by atoms with E-state index in [1.165, 1.54) is 44.9 Å². The first-order chi connectivity index (χ1) is 7.36. The number of halogens is 1. The van der Waals surface area contributed by atoms with E-state index in [1.807, 2.05) is 0 Å². The van der Waals surface area contributed by atoms with Gasteiger partial charge in [0, 0.05) is 6.04 Å². The van der Waals surface area contributed by atoms with Crippen molar-refractivity contribution < 1.29 is 0 Å². The van der Waals surface area contributed by atoms with E-state index in [-0.39, 0.29) is 0 Å². The number of nitrogens with one attached hydrogen (secondary N) is 1. The lowest BCUT2D eigenvalue weighted by atomic mass is 10.1. The fraction of sp³-hybridized carbons (Fsp3) is 0.636. The smallest absolute Gasteiger partial charge is 0.148 e. The Morgan fingerprint density at radius 2 is 1.93 bits per heavy atom. The van der Waals surface area contributed by atoms with Crippen LogP contribution in [0.1, 0.15) is 38.5 Å². The van der Waals surface area contributed by atoms with E-state index < -0.39 is 0 Å². The molecular formula is C11H16ClN3. The third kappa shape index (κ3) is 3.06. The Kier molecular flexibility index (Phi) is 3.78. The van der Waals surface area contributed by atoms with Gasteiger partial charge in [0.15, 0.2) is 0 Å². The van der Waals surface area contributed by atoms with Crippen molar-refractivity contribution >= 4 is 17.4 Å². The van der Waals surface area contributed by atoms with Crippen LogP contribution in [0, 0.1) is 0 Å². The number of hydrogen-bond donors (Lipinski definition) is 1. The van der Waals surface area contributed by atoms with Gasteiger partial charge in [-0.2, -0.15) is 0 Å². The highest BCUT2D eigenvalue weighted by Crippen LogP contribution is 2.23. The monoisotopic (exact) mass is 225 g/mol. The lowest BCUT2D eigenvalue weighted by Crippen LogP contribution is -2.19. The summed E-state index contributed by atoms with van der Waals surface area (Å²) in [5.41, 5.74) is 0. The standard InChI is InChI=1S/C11H16ClN3/c12-10-7-13-8-14-11(10)15-9-5-3-1-2-4-6-9/h7-9H,1-6H2,(H,13,14,15). The van der Waals surface area contributed by atoms with E-state index in [0.717, 1.165) is 5.82 Å². The summed E-state index contributed by atoms with van der Waals surface area (Å²) in [6, 6.07) is 0.528. The summed E-state index contributed by atoms with van der Waals surface area (Å²) in [5, 5.41) is 4.02. The number of rotatable bonds is 2. The Morgan fingerprint density at radius 1 is 1.20 bits per heavy atom. The molecule has 3 nitrogen and oxygen atoms in total. The summed E-state index contributed by atoms with van der Waals surface area (Å²) < 4.78 is 0. The third-order valence-corrected chi connectivity index (χ3v) is 3.14. The molecule has 0 amide bonds. The summed E-state index contributed by atoms with van der Waals surface area (Å²) >= 11 is 6.00. The van der Waals surface area contributed by atoms with Gasteiger partial charge in [0.05, 0.1) is 6.20 Å². The van der Waals surface area contributed by atoms with Gasteiger partial charge in [-0.3, -0.25) is 0 Å². The van der Waals surface area contributed by atoms with Crippen molar-refractivity contribution in [2.75, 3.05) is 5.32 Å². The van der Waals surface area contributed by atoms with Gasteiger partial charge in [0.25, 0.3) is 0 Å². The average molecular weight is 226 g/mol. The maximum Gasteiger partial charge on any atom is 0.148 e. The van der Waals surface area contributed by atoms with Crippen LogP contribution >= 0.6 is 11.6 Å². The van der Waals surface area contributed by atoms with E-state index >= 15 is 0 Å². The molecule has 15 heavy (non-hydrogen) atoms. The molecule has 1 heterocycles. The Balaban J connectivity index is 1.98. The number of nitrogens with zero attached hydrogens (tertiary/aromatic N) is 2. The molecule has 1 saturated carbocycles. The number of aromatic nitrogens is 2. The van der Waals surface area contributed by atoms with Gasteiger partial charge < -0.3 is 5.32 Å². The van der Waals surface area contributed by atoms with Gasteiger partial charge in [-0.25, -0.2) is 9.97 Å². The number of anilines is 1. The molecular weight excluding hydrogens is 210 g/mol. The molecule has 1 fully saturated rings. The highest BCUT2D eigenvalue weighted by molar-refractivity contribution is 6.32. The van der Waals surface area contributed by atoms with Crippen LogP contribution in [0.25, 0.3) is 0 Å². The zero-order chi connectivity index (χ0) is 10.5. The normalized spacial score (nSPS) is 18.5. The fourth-order valence-corrected chi connectivity index (χ4v) is 2.20. The maximum atomic E-state index is 6.00. The molecule has 0 atom stereocenters. The minimum atomic E-state index is 0.528. The molecule has 82 valence electrons. The largest absolute Gasteiger partial charge is 0.366 e. The van der Waals surface area contributed by atoms with E-state index in [4.69, 9.17) is 11.6 Å². The van der Waals surface area contributed by atoms with Gasteiger partial charge in [-0.1, -0.05) is 37.3 Å². The average Bonchev–Trinajstić information content (AvgIpc) is 2.50. The van der Waals surface area contributed by atoms with Crippen molar-refractivity contribution in [3.8, 4) is 0 Å². The van der Waals surface area contributed by atoms with Crippen molar-refractivity contribution in [1.29, 1.82) is 0 Å². The molecule has 0 aliphatic heterocycles. The van der Waals surface area contributed by atoms with E-state index in [0.29, 0.717) is 11.1 Å². The van der Waals surface area contributed by atoms with Crippen LogP contribution in [-0.2, 0) is 0 Å². The van der Waals surface area contributed by atoms with Crippen LogP contribution in [0.5, 0.6) is 0 Å². The summed E-state index contributed by atoms with van der Waals surface area (Å²) in [7, 11) is 0. The molecule has 0 aromatic carbocycles. The Morgan fingerprint density at radius 3 is 2.60 bits per heavy atom. The number of hydrogen-bond acceptors (Lipinski definition) is 3. The summed E-state index contributed by atoms with van der Waals surface area (Å²) in [6.07, 6.45) is 10.9. The minimum absolute atomic E-state index is 0.528. The zero-order valence-corrected chi connectivity index (χ0v) is 9.50. The molecule has 0 spiro atoms.